The molecule has 12 heteroatoms. The largest absolute Gasteiger partial charge is 0.346 e. The van der Waals surface area contributed by atoms with E-state index in [9.17, 15) is 33.6 Å². The van der Waals surface area contributed by atoms with Crippen LogP contribution in [0.2, 0.25) is 0 Å². The molecule has 6 atom stereocenters. The topological polar surface area (TPSA) is 171 Å². The average molecular weight is 754 g/mol. The van der Waals surface area contributed by atoms with E-state index >= 15 is 0 Å². The molecule has 1 heterocycles. The van der Waals surface area contributed by atoms with Gasteiger partial charge < -0.3 is 26.2 Å². The van der Waals surface area contributed by atoms with Gasteiger partial charge in [0.15, 0.2) is 12.1 Å². The van der Waals surface area contributed by atoms with Crippen LogP contribution in [-0.2, 0) is 28.8 Å². The van der Waals surface area contributed by atoms with E-state index in [1.54, 1.807) is 4.90 Å². The van der Waals surface area contributed by atoms with Crippen molar-refractivity contribution < 1.29 is 33.6 Å². The third-order valence-corrected chi connectivity index (χ3v) is 13.1. The maximum Gasteiger partial charge on any atom is 0.315 e. The predicted octanol–water partition coefficient (Wildman–Crippen LogP) is 5.03. The average Bonchev–Trinajstić information content (AvgIpc) is 3.61. The van der Waals surface area contributed by atoms with E-state index in [1.165, 1.54) is 6.08 Å². The lowest BCUT2D eigenvalue weighted by Crippen LogP contribution is -2.63. The number of carbonyl (C=O) groups is 7. The fraction of sp³-hybridized carbons (Fsp3) is 0.786. The smallest absolute Gasteiger partial charge is 0.315 e. The predicted molar refractivity (Wildman–Crippen MR) is 207 cm³/mol. The Labute approximate surface area is 322 Å². The lowest BCUT2D eigenvalue weighted by molar-refractivity contribution is -0.144. The molecule has 0 bridgehead atoms. The second-order valence-electron chi connectivity index (χ2n) is 19.6. The monoisotopic (exact) mass is 754 g/mol. The van der Waals surface area contributed by atoms with Crippen LogP contribution in [0.5, 0.6) is 0 Å². The van der Waals surface area contributed by atoms with Crippen LogP contribution in [0.3, 0.4) is 0 Å². The second kappa shape index (κ2) is 17.1. The first-order chi connectivity index (χ1) is 25.1. The maximum absolute atomic E-state index is 14.9. The molecule has 302 valence electrons. The van der Waals surface area contributed by atoms with Crippen molar-refractivity contribution in [1.82, 2.24) is 26.2 Å². The van der Waals surface area contributed by atoms with Crippen LogP contribution in [-0.4, -0.2) is 83.3 Å². The molecular weight excluding hydrogens is 686 g/mol. The van der Waals surface area contributed by atoms with Crippen LogP contribution >= 0.6 is 0 Å². The van der Waals surface area contributed by atoms with Gasteiger partial charge >= 0.3 is 6.03 Å². The van der Waals surface area contributed by atoms with Crippen LogP contribution in [0.15, 0.2) is 12.7 Å². The van der Waals surface area contributed by atoms with Crippen molar-refractivity contribution >= 4 is 41.6 Å². The summed E-state index contributed by atoms with van der Waals surface area (Å²) in [6.07, 6.45) is 11.0. The molecule has 0 aromatic heterocycles. The lowest BCUT2D eigenvalue weighted by atomic mass is 9.67. The molecule has 54 heavy (non-hydrogen) atoms. The molecule has 12 nitrogen and oxygen atoms in total. The molecule has 1 aliphatic heterocycles. The Balaban J connectivity index is 1.61. The molecule has 4 rings (SSSR count). The zero-order valence-corrected chi connectivity index (χ0v) is 34.1. The fourth-order valence-electron chi connectivity index (χ4n) is 9.48. The van der Waals surface area contributed by atoms with Crippen molar-refractivity contribution in [2.45, 2.75) is 156 Å². The number of likely N-dealkylation sites (tertiary alicyclic amines) is 1. The molecule has 4 fully saturated rings. The number of urea groups is 1. The third kappa shape index (κ3) is 9.99. The van der Waals surface area contributed by atoms with Gasteiger partial charge in [-0.05, 0) is 72.5 Å². The number of rotatable bonds is 15. The normalized spacial score (nSPS) is 25.2. The van der Waals surface area contributed by atoms with E-state index in [4.69, 9.17) is 0 Å². The van der Waals surface area contributed by atoms with E-state index in [0.717, 1.165) is 51.4 Å². The molecule has 0 aromatic carbocycles. The van der Waals surface area contributed by atoms with Crippen molar-refractivity contribution in [3.63, 3.8) is 0 Å². The van der Waals surface area contributed by atoms with E-state index in [-0.39, 0.29) is 35.6 Å². The van der Waals surface area contributed by atoms with Gasteiger partial charge in [0, 0.05) is 24.5 Å². The number of amides is 5. The number of Topliss-reactive ketones (excluding diaryl/α,β-unsaturated/α-hetero) is 2. The van der Waals surface area contributed by atoms with Crippen molar-refractivity contribution in [2.24, 2.45) is 39.9 Å². The Kier molecular flexibility index (Phi) is 13.6. The SMILES string of the molecule is C=CCNC(=O)C(=O)C(CC1CCC1)NC(=O)[C@@H]1[C@H]2CCC(C)(C)[C@H]2CN1C(=O)[C@@H](NC(=O)NC1(CC(C(=O)C=O)C(C)(C)C)CCCCC1)C(C)(C)C. The summed E-state index contributed by atoms with van der Waals surface area (Å²) >= 11 is 0. The summed E-state index contributed by atoms with van der Waals surface area (Å²) in [5.41, 5.74) is -2.13. The maximum atomic E-state index is 14.9. The van der Waals surface area contributed by atoms with Crippen molar-refractivity contribution in [1.29, 1.82) is 0 Å². The van der Waals surface area contributed by atoms with Gasteiger partial charge in [-0.25, -0.2) is 4.79 Å². The lowest BCUT2D eigenvalue weighted by Gasteiger charge is -2.43. The molecular formula is C42H67N5O7. The van der Waals surface area contributed by atoms with Crippen molar-refractivity contribution in [3.05, 3.63) is 12.7 Å². The van der Waals surface area contributed by atoms with Crippen molar-refractivity contribution in [2.75, 3.05) is 13.1 Å². The quantitative estimate of drug-likeness (QED) is 0.103. The van der Waals surface area contributed by atoms with Gasteiger partial charge in [-0.3, -0.25) is 28.8 Å². The minimum absolute atomic E-state index is 0.0264. The van der Waals surface area contributed by atoms with Gasteiger partial charge in [-0.2, -0.15) is 0 Å². The Bertz CT molecular complexity index is 1450. The number of carbonyl (C=O) groups excluding carboxylic acids is 7. The summed E-state index contributed by atoms with van der Waals surface area (Å²) in [5.74, 6) is -3.29. The Hall–Kier alpha value is -3.57. The van der Waals surface area contributed by atoms with E-state index in [0.29, 0.717) is 38.5 Å². The molecule has 5 amide bonds. The number of aldehydes is 1. The minimum Gasteiger partial charge on any atom is -0.346 e. The summed E-state index contributed by atoms with van der Waals surface area (Å²) in [6.45, 7) is 19.8. The zero-order chi connectivity index (χ0) is 40.2. The molecule has 1 saturated heterocycles. The van der Waals surface area contributed by atoms with Crippen LogP contribution in [0.25, 0.3) is 0 Å². The van der Waals surface area contributed by atoms with Crippen LogP contribution < -0.4 is 21.3 Å². The van der Waals surface area contributed by atoms with Gasteiger partial charge in [0.1, 0.15) is 12.1 Å². The highest BCUT2D eigenvalue weighted by Crippen LogP contribution is 2.53. The number of fused-ring (bicyclic) bond motifs is 1. The van der Waals surface area contributed by atoms with E-state index in [1.807, 2.05) is 41.5 Å². The van der Waals surface area contributed by atoms with Crippen LogP contribution in [0, 0.1) is 39.9 Å². The minimum atomic E-state index is -1.02. The highest BCUT2D eigenvalue weighted by atomic mass is 16.2. The molecule has 3 aliphatic carbocycles. The van der Waals surface area contributed by atoms with Gasteiger partial charge in [0.05, 0.1) is 6.04 Å². The van der Waals surface area contributed by atoms with Gasteiger partial charge in [-0.15, -0.1) is 6.58 Å². The number of nitrogens with zero attached hydrogens (tertiary/aromatic N) is 1. The van der Waals surface area contributed by atoms with Crippen LogP contribution in [0.1, 0.15) is 132 Å². The molecule has 0 radical (unpaired) electrons. The summed E-state index contributed by atoms with van der Waals surface area (Å²) in [6, 6.07) is -3.44. The first-order valence-corrected chi connectivity index (χ1v) is 20.3. The molecule has 0 spiro atoms. The van der Waals surface area contributed by atoms with Gasteiger partial charge in [0.25, 0.3) is 5.91 Å². The molecule has 4 N–H and O–H groups in total. The highest BCUT2D eigenvalue weighted by molar-refractivity contribution is 6.38. The Morgan fingerprint density at radius 3 is 2.06 bits per heavy atom. The van der Waals surface area contributed by atoms with E-state index in [2.05, 4.69) is 41.7 Å². The Morgan fingerprint density at radius 2 is 1.52 bits per heavy atom. The number of hydrogen-bond acceptors (Lipinski definition) is 7. The van der Waals surface area contributed by atoms with Gasteiger partial charge in [0.2, 0.25) is 17.6 Å². The third-order valence-electron chi connectivity index (χ3n) is 13.1. The van der Waals surface area contributed by atoms with Gasteiger partial charge in [-0.1, -0.05) is 100.0 Å². The first-order valence-electron chi connectivity index (χ1n) is 20.3. The standard InChI is InChI=1S/C42H67N5O7/c1-10-21-43-36(52)33(50)30(22-26-15-14-16-26)44-35(51)32-27-17-20-41(8,9)29(27)24-47(32)37(53)34(40(5,6)7)45-38(54)46-42(18-12-11-13-19-42)23-28(31(49)25-48)39(2,3)4/h10,25-30,32,34H,1,11-24H2,2-9H3,(H,43,52)(H,44,51)(H2,45,46,54)/t27-,28?,29-,30?,32-,34+/m0/s1. The number of nitrogens with one attached hydrogen (secondary N) is 4. The van der Waals surface area contributed by atoms with Crippen LogP contribution in [0.4, 0.5) is 4.79 Å². The Morgan fingerprint density at radius 1 is 0.870 bits per heavy atom. The summed E-state index contributed by atoms with van der Waals surface area (Å²) in [4.78, 5) is 95.7. The van der Waals surface area contributed by atoms with Crippen molar-refractivity contribution in [3.8, 4) is 0 Å². The fourth-order valence-corrected chi connectivity index (χ4v) is 9.48. The summed E-state index contributed by atoms with van der Waals surface area (Å²) in [5, 5.41) is 11.7. The molecule has 3 saturated carbocycles. The summed E-state index contributed by atoms with van der Waals surface area (Å²) < 4.78 is 0. The molecule has 4 aliphatic rings. The molecule has 2 unspecified atom stereocenters. The summed E-state index contributed by atoms with van der Waals surface area (Å²) in [7, 11) is 0. The van der Waals surface area contributed by atoms with E-state index < -0.39 is 69.8 Å². The second-order valence-corrected chi connectivity index (χ2v) is 19.6. The zero-order valence-electron chi connectivity index (χ0n) is 34.1. The number of ketones is 2. The number of hydrogen-bond donors (Lipinski definition) is 4. The first kappa shape index (κ1) is 43.2. The highest BCUT2D eigenvalue weighted by Gasteiger charge is 2.57. The molecule has 0 aromatic rings.